The first-order valence-corrected chi connectivity index (χ1v) is 4.67. The number of rotatable bonds is 3. The summed E-state index contributed by atoms with van der Waals surface area (Å²) in [4.78, 5) is 7.80. The molecule has 0 saturated heterocycles. The van der Waals surface area contributed by atoms with Crippen molar-refractivity contribution in [1.82, 2.24) is 9.97 Å². The van der Waals surface area contributed by atoms with E-state index in [0.29, 0.717) is 5.92 Å². The molecule has 0 bridgehead atoms. The topological polar surface area (TPSA) is 28.7 Å². The smallest absolute Gasteiger partial charge is 0.106 e. The second kappa shape index (κ2) is 3.74. The molecule has 0 amide bonds. The van der Waals surface area contributed by atoms with Crippen molar-refractivity contribution in [2.75, 3.05) is 0 Å². The number of hydrogen-bond acceptors (Lipinski definition) is 1. The van der Waals surface area contributed by atoms with Gasteiger partial charge < -0.3 is 4.98 Å². The van der Waals surface area contributed by atoms with Crippen LogP contribution in [-0.4, -0.2) is 9.97 Å². The normalized spacial score (nSPS) is 11.1. The Kier molecular flexibility index (Phi) is 2.90. The van der Waals surface area contributed by atoms with Gasteiger partial charge in [-0.25, -0.2) is 4.98 Å². The van der Waals surface area contributed by atoms with E-state index < -0.39 is 0 Å². The van der Waals surface area contributed by atoms with Gasteiger partial charge in [0.15, 0.2) is 0 Å². The van der Waals surface area contributed by atoms with Gasteiger partial charge in [0, 0.05) is 12.1 Å². The second-order valence-corrected chi connectivity index (χ2v) is 3.71. The van der Waals surface area contributed by atoms with Gasteiger partial charge in [0.05, 0.1) is 5.69 Å². The quantitative estimate of drug-likeness (QED) is 0.734. The van der Waals surface area contributed by atoms with E-state index >= 15 is 0 Å². The Morgan fingerprint density at radius 1 is 1.42 bits per heavy atom. The predicted octanol–water partition coefficient (Wildman–Crippen LogP) is 2.48. The Labute approximate surface area is 74.4 Å². The molecule has 0 aromatic carbocycles. The molecule has 1 N–H and O–H groups in total. The third-order valence-electron chi connectivity index (χ3n) is 1.97. The molecule has 1 aromatic rings. The molecule has 0 saturated carbocycles. The van der Waals surface area contributed by atoms with Gasteiger partial charge in [-0.3, -0.25) is 0 Å². The van der Waals surface area contributed by atoms with Crippen LogP contribution < -0.4 is 0 Å². The Morgan fingerprint density at radius 2 is 2.08 bits per heavy atom. The summed E-state index contributed by atoms with van der Waals surface area (Å²) in [5.74, 6) is 1.81. The van der Waals surface area contributed by atoms with Crippen LogP contribution >= 0.6 is 0 Å². The molecule has 1 heterocycles. The fourth-order valence-corrected chi connectivity index (χ4v) is 1.32. The van der Waals surface area contributed by atoms with Gasteiger partial charge in [-0.1, -0.05) is 20.8 Å². The zero-order valence-corrected chi connectivity index (χ0v) is 8.44. The lowest BCUT2D eigenvalue weighted by molar-refractivity contribution is 0.634. The third kappa shape index (κ3) is 2.10. The Balaban J connectivity index is 2.77. The molecular weight excluding hydrogens is 148 g/mol. The van der Waals surface area contributed by atoms with Crippen LogP contribution in [-0.2, 0) is 12.8 Å². The number of nitrogens with one attached hydrogen (secondary N) is 1. The molecule has 0 fully saturated rings. The highest BCUT2D eigenvalue weighted by Crippen LogP contribution is 2.10. The Hall–Kier alpha value is -0.790. The highest BCUT2D eigenvalue weighted by atomic mass is 14.9. The second-order valence-electron chi connectivity index (χ2n) is 3.71. The summed E-state index contributed by atoms with van der Waals surface area (Å²) in [6, 6.07) is 0. The lowest BCUT2D eigenvalue weighted by Crippen LogP contribution is -1.96. The summed E-state index contributed by atoms with van der Waals surface area (Å²) in [5, 5.41) is 0. The lowest BCUT2D eigenvalue weighted by Gasteiger charge is -2.00. The average Bonchev–Trinajstić information content (AvgIpc) is 2.31. The van der Waals surface area contributed by atoms with Gasteiger partial charge in [-0.15, -0.1) is 0 Å². The van der Waals surface area contributed by atoms with Crippen LogP contribution in [0.5, 0.6) is 0 Å². The number of imidazole rings is 1. The molecule has 12 heavy (non-hydrogen) atoms. The fourth-order valence-electron chi connectivity index (χ4n) is 1.32. The van der Waals surface area contributed by atoms with E-state index in [1.54, 1.807) is 0 Å². The maximum atomic E-state index is 4.51. The molecule has 0 aliphatic heterocycles. The number of aryl methyl sites for hydroxylation is 2. The Bertz CT molecular complexity index is 248. The summed E-state index contributed by atoms with van der Waals surface area (Å²) in [6.07, 6.45) is 2.08. The van der Waals surface area contributed by atoms with E-state index in [1.165, 1.54) is 11.4 Å². The first-order valence-electron chi connectivity index (χ1n) is 4.67. The van der Waals surface area contributed by atoms with Gasteiger partial charge in [0.25, 0.3) is 0 Å². The monoisotopic (exact) mass is 166 g/mol. The molecule has 0 aliphatic carbocycles. The zero-order valence-electron chi connectivity index (χ0n) is 8.44. The summed E-state index contributed by atoms with van der Waals surface area (Å²) < 4.78 is 0. The molecule has 2 heteroatoms. The lowest BCUT2D eigenvalue weighted by atomic mass is 10.1. The van der Waals surface area contributed by atoms with Crippen molar-refractivity contribution in [2.45, 2.75) is 40.5 Å². The van der Waals surface area contributed by atoms with Crippen LogP contribution in [0.15, 0.2) is 0 Å². The van der Waals surface area contributed by atoms with E-state index in [2.05, 4.69) is 37.7 Å². The van der Waals surface area contributed by atoms with Crippen LogP contribution in [0.1, 0.15) is 38.0 Å². The van der Waals surface area contributed by atoms with Gasteiger partial charge >= 0.3 is 0 Å². The Morgan fingerprint density at radius 3 is 2.50 bits per heavy atom. The number of aromatic nitrogens is 2. The van der Waals surface area contributed by atoms with E-state index in [-0.39, 0.29) is 0 Å². The van der Waals surface area contributed by atoms with E-state index in [1.807, 2.05) is 0 Å². The van der Waals surface area contributed by atoms with Crippen molar-refractivity contribution < 1.29 is 0 Å². The van der Waals surface area contributed by atoms with Crippen molar-refractivity contribution in [3.8, 4) is 0 Å². The minimum atomic E-state index is 0.691. The van der Waals surface area contributed by atoms with E-state index in [0.717, 1.165) is 18.7 Å². The van der Waals surface area contributed by atoms with Crippen LogP contribution in [0.25, 0.3) is 0 Å². The van der Waals surface area contributed by atoms with Gasteiger partial charge in [-0.05, 0) is 19.3 Å². The predicted molar refractivity (Wildman–Crippen MR) is 51.2 cm³/mol. The molecular formula is C10H18N2. The molecule has 0 radical (unpaired) electrons. The van der Waals surface area contributed by atoms with Crippen molar-refractivity contribution >= 4 is 0 Å². The van der Waals surface area contributed by atoms with E-state index in [4.69, 9.17) is 0 Å². The highest BCUT2D eigenvalue weighted by Gasteiger charge is 2.06. The average molecular weight is 166 g/mol. The highest BCUT2D eigenvalue weighted by molar-refractivity contribution is 5.13. The molecule has 0 unspecified atom stereocenters. The maximum Gasteiger partial charge on any atom is 0.106 e. The van der Waals surface area contributed by atoms with Gasteiger partial charge in [0.1, 0.15) is 5.82 Å². The summed E-state index contributed by atoms with van der Waals surface area (Å²) in [6.45, 7) is 8.67. The van der Waals surface area contributed by atoms with Crippen LogP contribution in [0.4, 0.5) is 0 Å². The minimum absolute atomic E-state index is 0.691. The van der Waals surface area contributed by atoms with Crippen molar-refractivity contribution in [3.63, 3.8) is 0 Å². The van der Waals surface area contributed by atoms with Crippen LogP contribution in [0, 0.1) is 12.8 Å². The summed E-state index contributed by atoms with van der Waals surface area (Å²) >= 11 is 0. The zero-order chi connectivity index (χ0) is 9.14. The van der Waals surface area contributed by atoms with Crippen LogP contribution in [0.3, 0.4) is 0 Å². The third-order valence-corrected chi connectivity index (χ3v) is 1.97. The molecule has 0 spiro atoms. The van der Waals surface area contributed by atoms with Gasteiger partial charge in [-0.2, -0.15) is 0 Å². The number of nitrogens with zero attached hydrogens (tertiary/aromatic N) is 1. The van der Waals surface area contributed by atoms with Crippen LogP contribution in [0.2, 0.25) is 0 Å². The number of aromatic amines is 1. The fraction of sp³-hybridized carbons (Fsp3) is 0.700. The van der Waals surface area contributed by atoms with E-state index in [9.17, 15) is 0 Å². The van der Waals surface area contributed by atoms with Crippen molar-refractivity contribution in [3.05, 3.63) is 17.2 Å². The first kappa shape index (κ1) is 9.30. The molecule has 68 valence electrons. The molecule has 1 rings (SSSR count). The molecule has 0 atom stereocenters. The summed E-state index contributed by atoms with van der Waals surface area (Å²) in [7, 11) is 0. The summed E-state index contributed by atoms with van der Waals surface area (Å²) in [5.41, 5.74) is 2.47. The maximum absolute atomic E-state index is 4.51. The van der Waals surface area contributed by atoms with Gasteiger partial charge in [0.2, 0.25) is 0 Å². The number of H-pyrrole nitrogens is 1. The SMILES string of the molecule is CCc1nc(CC(C)C)c(C)[nH]1. The largest absolute Gasteiger partial charge is 0.346 e. The first-order chi connectivity index (χ1) is 5.63. The van der Waals surface area contributed by atoms with Crippen molar-refractivity contribution in [1.29, 1.82) is 0 Å². The molecule has 1 aromatic heterocycles. The molecule has 2 nitrogen and oxygen atoms in total. The number of hydrogen-bond donors (Lipinski definition) is 1. The van der Waals surface area contributed by atoms with Crippen molar-refractivity contribution in [2.24, 2.45) is 5.92 Å². The minimum Gasteiger partial charge on any atom is -0.346 e. The molecule has 0 aliphatic rings. The standard InChI is InChI=1S/C10H18N2/c1-5-10-11-8(4)9(12-10)6-7(2)3/h7H,5-6H2,1-4H3,(H,11,12).